The van der Waals surface area contributed by atoms with Crippen molar-refractivity contribution in [3.63, 3.8) is 0 Å². The number of hydrogen-bond donors (Lipinski definition) is 1. The van der Waals surface area contributed by atoms with Crippen LogP contribution in [-0.2, 0) is 0 Å². The molecule has 0 aliphatic rings. The van der Waals surface area contributed by atoms with Crippen LogP contribution in [0, 0.1) is 5.82 Å². The predicted molar refractivity (Wildman–Crippen MR) is 56.0 cm³/mol. The molecule has 0 spiro atoms. The molecule has 0 radical (unpaired) electrons. The van der Waals surface area contributed by atoms with Crippen LogP contribution < -0.4 is 5.73 Å². The van der Waals surface area contributed by atoms with Crippen LogP contribution in [0.4, 0.5) is 4.39 Å². The summed E-state index contributed by atoms with van der Waals surface area (Å²) >= 11 is 0. The van der Waals surface area contributed by atoms with Crippen molar-refractivity contribution >= 4 is 23.4 Å². The van der Waals surface area contributed by atoms with Crippen LogP contribution in [0.2, 0.25) is 0 Å². The largest absolute Gasteiger partial charge is 0.461 e. The Morgan fingerprint density at radius 2 is 2.14 bits per heavy atom. The molecular weight excluding hydrogens is 205 g/mol. The Morgan fingerprint density at radius 1 is 1.43 bits per heavy atom. The van der Waals surface area contributed by atoms with Gasteiger partial charge in [-0.15, -0.1) is 12.4 Å². The van der Waals surface area contributed by atoms with E-state index in [1.54, 1.807) is 12.1 Å². The summed E-state index contributed by atoms with van der Waals surface area (Å²) < 4.78 is 18.1. The number of furan rings is 1. The van der Waals surface area contributed by atoms with E-state index in [-0.39, 0.29) is 24.3 Å². The monoisotopic (exact) mass is 215 g/mol. The van der Waals surface area contributed by atoms with E-state index in [0.717, 1.165) is 11.8 Å². The zero-order chi connectivity index (χ0) is 9.42. The SMILES string of the molecule is C[C@@H](N)c1cccc2c(F)coc12.Cl. The van der Waals surface area contributed by atoms with E-state index < -0.39 is 0 Å². The molecule has 1 aromatic heterocycles. The Bertz CT molecular complexity index is 439. The second-order valence-electron chi connectivity index (χ2n) is 3.10. The van der Waals surface area contributed by atoms with Crippen molar-refractivity contribution in [3.05, 3.63) is 35.8 Å². The molecule has 76 valence electrons. The van der Waals surface area contributed by atoms with Gasteiger partial charge in [-0.05, 0) is 13.0 Å². The van der Waals surface area contributed by atoms with Crippen LogP contribution in [-0.4, -0.2) is 0 Å². The second-order valence-corrected chi connectivity index (χ2v) is 3.10. The fourth-order valence-electron chi connectivity index (χ4n) is 1.41. The summed E-state index contributed by atoms with van der Waals surface area (Å²) in [6.07, 6.45) is 1.11. The van der Waals surface area contributed by atoms with Gasteiger partial charge in [0.05, 0.1) is 5.39 Å². The van der Waals surface area contributed by atoms with E-state index in [2.05, 4.69) is 0 Å². The van der Waals surface area contributed by atoms with Crippen molar-refractivity contribution < 1.29 is 8.81 Å². The van der Waals surface area contributed by atoms with E-state index in [9.17, 15) is 4.39 Å². The summed E-state index contributed by atoms with van der Waals surface area (Å²) in [5.41, 5.74) is 7.09. The molecule has 1 atom stereocenters. The first-order chi connectivity index (χ1) is 6.20. The molecule has 0 saturated carbocycles. The highest BCUT2D eigenvalue weighted by atomic mass is 35.5. The molecule has 0 unspecified atom stereocenters. The summed E-state index contributed by atoms with van der Waals surface area (Å²) in [5, 5.41) is 0.495. The summed E-state index contributed by atoms with van der Waals surface area (Å²) in [6.45, 7) is 1.84. The number of para-hydroxylation sites is 1. The summed E-state index contributed by atoms with van der Waals surface area (Å²) in [5.74, 6) is -0.336. The first kappa shape index (κ1) is 11.0. The molecule has 2 aromatic rings. The molecular formula is C10H11ClFNO. The minimum Gasteiger partial charge on any atom is -0.461 e. The molecule has 0 amide bonds. The third-order valence-corrected chi connectivity index (χ3v) is 2.07. The van der Waals surface area contributed by atoms with Crippen molar-refractivity contribution in [2.45, 2.75) is 13.0 Å². The molecule has 2 N–H and O–H groups in total. The minimum atomic E-state index is -0.336. The van der Waals surface area contributed by atoms with Gasteiger partial charge in [0.25, 0.3) is 0 Å². The minimum absolute atomic E-state index is 0. The summed E-state index contributed by atoms with van der Waals surface area (Å²) in [7, 11) is 0. The smallest absolute Gasteiger partial charge is 0.169 e. The Morgan fingerprint density at radius 3 is 2.79 bits per heavy atom. The van der Waals surface area contributed by atoms with Gasteiger partial charge < -0.3 is 10.2 Å². The first-order valence-electron chi connectivity index (χ1n) is 4.11. The zero-order valence-electron chi connectivity index (χ0n) is 7.66. The van der Waals surface area contributed by atoms with Crippen LogP contribution in [0.1, 0.15) is 18.5 Å². The number of hydrogen-bond acceptors (Lipinski definition) is 2. The van der Waals surface area contributed by atoms with E-state index in [0.29, 0.717) is 11.0 Å². The van der Waals surface area contributed by atoms with Crippen LogP contribution in [0.5, 0.6) is 0 Å². The van der Waals surface area contributed by atoms with Crippen LogP contribution in [0.25, 0.3) is 11.0 Å². The maximum absolute atomic E-state index is 13.1. The number of nitrogens with two attached hydrogens (primary N) is 1. The Hall–Kier alpha value is -1.06. The lowest BCUT2D eigenvalue weighted by atomic mass is 10.1. The average molecular weight is 216 g/mol. The number of halogens is 2. The summed E-state index contributed by atoms with van der Waals surface area (Å²) in [4.78, 5) is 0. The average Bonchev–Trinajstić information content (AvgIpc) is 2.48. The van der Waals surface area contributed by atoms with Gasteiger partial charge in [0.15, 0.2) is 5.82 Å². The highest BCUT2D eigenvalue weighted by Gasteiger charge is 2.11. The maximum atomic E-state index is 13.1. The zero-order valence-corrected chi connectivity index (χ0v) is 8.48. The molecule has 0 fully saturated rings. The van der Waals surface area contributed by atoms with Gasteiger partial charge in [-0.1, -0.05) is 12.1 Å². The van der Waals surface area contributed by atoms with Gasteiger partial charge in [0.1, 0.15) is 11.8 Å². The van der Waals surface area contributed by atoms with Gasteiger partial charge in [-0.2, -0.15) is 0 Å². The lowest BCUT2D eigenvalue weighted by Crippen LogP contribution is -2.04. The third-order valence-electron chi connectivity index (χ3n) is 2.07. The predicted octanol–water partition coefficient (Wildman–Crippen LogP) is 3.01. The second kappa shape index (κ2) is 3.98. The molecule has 1 heterocycles. The Kier molecular flexibility index (Phi) is 3.13. The van der Waals surface area contributed by atoms with Gasteiger partial charge in [0.2, 0.25) is 0 Å². The number of rotatable bonds is 1. The van der Waals surface area contributed by atoms with Crippen LogP contribution in [0.3, 0.4) is 0 Å². The number of fused-ring (bicyclic) bond motifs is 1. The highest BCUT2D eigenvalue weighted by Crippen LogP contribution is 2.26. The lowest BCUT2D eigenvalue weighted by molar-refractivity contribution is 0.554. The van der Waals surface area contributed by atoms with Crippen molar-refractivity contribution in [1.82, 2.24) is 0 Å². The third kappa shape index (κ3) is 1.61. The van der Waals surface area contributed by atoms with Gasteiger partial charge >= 0.3 is 0 Å². The standard InChI is InChI=1S/C10H10FNO.ClH/c1-6(12)7-3-2-4-8-9(11)5-13-10(7)8;/h2-6H,12H2,1H3;1H/t6-;/m1./s1. The van der Waals surface area contributed by atoms with Crippen molar-refractivity contribution in [1.29, 1.82) is 0 Å². The van der Waals surface area contributed by atoms with E-state index in [4.69, 9.17) is 10.2 Å². The highest BCUT2D eigenvalue weighted by molar-refractivity contribution is 5.85. The molecule has 14 heavy (non-hydrogen) atoms. The van der Waals surface area contributed by atoms with E-state index in [1.165, 1.54) is 0 Å². The van der Waals surface area contributed by atoms with Crippen molar-refractivity contribution in [2.24, 2.45) is 5.73 Å². The molecule has 2 rings (SSSR count). The fourth-order valence-corrected chi connectivity index (χ4v) is 1.41. The van der Waals surface area contributed by atoms with Gasteiger partial charge in [-0.3, -0.25) is 0 Å². The summed E-state index contributed by atoms with van der Waals surface area (Å²) in [6, 6.07) is 5.16. The van der Waals surface area contributed by atoms with Crippen molar-refractivity contribution in [3.8, 4) is 0 Å². The fraction of sp³-hybridized carbons (Fsp3) is 0.200. The molecule has 0 aliphatic carbocycles. The number of benzene rings is 1. The molecule has 1 aromatic carbocycles. The van der Waals surface area contributed by atoms with Crippen LogP contribution >= 0.6 is 12.4 Å². The molecule has 2 nitrogen and oxygen atoms in total. The normalized spacial score (nSPS) is 12.5. The van der Waals surface area contributed by atoms with Crippen molar-refractivity contribution in [2.75, 3.05) is 0 Å². The maximum Gasteiger partial charge on any atom is 0.169 e. The van der Waals surface area contributed by atoms with E-state index >= 15 is 0 Å². The molecule has 0 aliphatic heterocycles. The molecule has 4 heteroatoms. The van der Waals surface area contributed by atoms with Gasteiger partial charge in [-0.25, -0.2) is 4.39 Å². The Labute approximate surface area is 87.3 Å². The topological polar surface area (TPSA) is 39.2 Å². The quantitative estimate of drug-likeness (QED) is 0.794. The first-order valence-corrected chi connectivity index (χ1v) is 4.11. The van der Waals surface area contributed by atoms with Gasteiger partial charge in [0, 0.05) is 11.6 Å². The molecule has 0 bridgehead atoms. The Balaban J connectivity index is 0.000000980. The lowest BCUT2D eigenvalue weighted by Gasteiger charge is -2.04. The molecule has 0 saturated heterocycles. The van der Waals surface area contributed by atoms with Crippen LogP contribution in [0.15, 0.2) is 28.9 Å². The van der Waals surface area contributed by atoms with E-state index in [1.807, 2.05) is 13.0 Å².